The van der Waals surface area contributed by atoms with Crippen molar-refractivity contribution in [3.63, 3.8) is 0 Å². The van der Waals surface area contributed by atoms with Gasteiger partial charge in [-0.25, -0.2) is 4.98 Å². The summed E-state index contributed by atoms with van der Waals surface area (Å²) in [6, 6.07) is 8.69. The maximum atomic E-state index is 4.73. The zero-order valence-corrected chi connectivity index (χ0v) is 18.9. The van der Waals surface area contributed by atoms with E-state index in [2.05, 4.69) is 74.5 Å². The lowest BCUT2D eigenvalue weighted by molar-refractivity contribution is 0.682. The van der Waals surface area contributed by atoms with Gasteiger partial charge in [0, 0.05) is 24.4 Å². The number of benzene rings is 1. The van der Waals surface area contributed by atoms with Crippen LogP contribution in [0.3, 0.4) is 0 Å². The maximum Gasteiger partial charge on any atom is 0.191 e. The van der Waals surface area contributed by atoms with Crippen LogP contribution in [0.15, 0.2) is 29.3 Å². The van der Waals surface area contributed by atoms with Crippen molar-refractivity contribution < 1.29 is 0 Å². The number of nitrogens with zero attached hydrogens (tertiary/aromatic N) is 2. The van der Waals surface area contributed by atoms with E-state index < -0.39 is 0 Å². The Balaban J connectivity index is 0.00000312. The predicted molar refractivity (Wildman–Crippen MR) is 119 cm³/mol. The third-order valence-corrected chi connectivity index (χ3v) is 5.09. The van der Waals surface area contributed by atoms with E-state index in [-0.39, 0.29) is 30.0 Å². The molecule has 0 radical (unpaired) electrons. The van der Waals surface area contributed by atoms with Gasteiger partial charge in [-0.15, -0.1) is 35.3 Å². The minimum atomic E-state index is 0. The van der Waals surface area contributed by atoms with Gasteiger partial charge < -0.3 is 10.6 Å². The third-order valence-electron chi connectivity index (χ3n) is 3.96. The molecule has 0 spiro atoms. The predicted octanol–water partition coefficient (Wildman–Crippen LogP) is 4.55. The first-order chi connectivity index (χ1) is 11.5. The van der Waals surface area contributed by atoms with Gasteiger partial charge in [0.2, 0.25) is 0 Å². The zero-order chi connectivity index (χ0) is 17.5. The number of guanidine groups is 1. The van der Waals surface area contributed by atoms with Gasteiger partial charge in [-0.2, -0.15) is 0 Å². The van der Waals surface area contributed by atoms with Crippen LogP contribution in [0.5, 0.6) is 0 Å². The van der Waals surface area contributed by atoms with Gasteiger partial charge >= 0.3 is 0 Å². The van der Waals surface area contributed by atoms with E-state index in [9.17, 15) is 0 Å². The molecule has 4 nitrogen and oxygen atoms in total. The largest absolute Gasteiger partial charge is 0.357 e. The van der Waals surface area contributed by atoms with Gasteiger partial charge in [0.15, 0.2) is 5.96 Å². The number of nitrogens with one attached hydrogen (secondary N) is 2. The molecule has 0 saturated carbocycles. The van der Waals surface area contributed by atoms with Crippen molar-refractivity contribution in [3.05, 3.63) is 51.0 Å². The lowest BCUT2D eigenvalue weighted by Crippen LogP contribution is -2.39. The highest BCUT2D eigenvalue weighted by Gasteiger charge is 2.10. The highest BCUT2D eigenvalue weighted by molar-refractivity contribution is 14.0. The Morgan fingerprint density at radius 3 is 2.56 bits per heavy atom. The highest BCUT2D eigenvalue weighted by Crippen LogP contribution is 2.18. The highest BCUT2D eigenvalue weighted by atomic mass is 127. The first-order valence-electron chi connectivity index (χ1n) is 8.54. The molecule has 2 aromatic rings. The topological polar surface area (TPSA) is 49.3 Å². The molecule has 0 fully saturated rings. The Labute approximate surface area is 172 Å². The van der Waals surface area contributed by atoms with Crippen LogP contribution in [0.2, 0.25) is 0 Å². The minimum Gasteiger partial charge on any atom is -0.357 e. The summed E-state index contributed by atoms with van der Waals surface area (Å²) in [4.78, 5) is 10.5. The monoisotopic (exact) mass is 472 g/mol. The van der Waals surface area contributed by atoms with E-state index in [1.807, 2.05) is 0 Å². The summed E-state index contributed by atoms with van der Waals surface area (Å²) in [5, 5.41) is 7.97. The van der Waals surface area contributed by atoms with Gasteiger partial charge in [-0.1, -0.05) is 24.3 Å². The zero-order valence-electron chi connectivity index (χ0n) is 15.7. The number of rotatable bonds is 6. The molecule has 2 rings (SSSR count). The van der Waals surface area contributed by atoms with Gasteiger partial charge in [0.05, 0.1) is 16.7 Å². The number of hydrogen-bond acceptors (Lipinski definition) is 3. The van der Waals surface area contributed by atoms with Crippen molar-refractivity contribution in [3.8, 4) is 0 Å². The molecule has 1 aromatic carbocycles. The summed E-state index contributed by atoms with van der Waals surface area (Å²) in [6.07, 6.45) is 0.937. The van der Waals surface area contributed by atoms with Crippen LogP contribution in [-0.4, -0.2) is 24.0 Å². The summed E-state index contributed by atoms with van der Waals surface area (Å²) in [5.41, 5.74) is 3.74. The summed E-state index contributed by atoms with van der Waals surface area (Å²) < 4.78 is 0. The van der Waals surface area contributed by atoms with Crippen LogP contribution < -0.4 is 10.6 Å². The van der Waals surface area contributed by atoms with Crippen molar-refractivity contribution in [1.29, 1.82) is 0 Å². The average molecular weight is 472 g/mol. The number of aryl methyl sites for hydroxylation is 3. The second kappa shape index (κ2) is 10.8. The lowest BCUT2D eigenvalue weighted by atomic mass is 10.0. The fraction of sp³-hybridized carbons (Fsp3) is 0.474. The number of thiazole rings is 1. The Hall–Kier alpha value is -1.15. The van der Waals surface area contributed by atoms with Crippen LogP contribution in [0, 0.1) is 20.8 Å². The van der Waals surface area contributed by atoms with Crippen LogP contribution >= 0.6 is 35.3 Å². The molecule has 0 aliphatic rings. The molecule has 0 bridgehead atoms. The number of halogens is 1. The third kappa shape index (κ3) is 6.58. The molecule has 1 heterocycles. The summed E-state index contributed by atoms with van der Waals surface area (Å²) in [5.74, 6) is 0.868. The lowest BCUT2D eigenvalue weighted by Gasteiger charge is -2.19. The number of aliphatic imine (C=N–C) groups is 1. The van der Waals surface area contributed by atoms with Crippen molar-refractivity contribution >= 4 is 41.3 Å². The minimum absolute atomic E-state index is 0. The van der Waals surface area contributed by atoms with E-state index in [1.54, 1.807) is 11.3 Å². The standard InChI is InChI=1S/C19H28N4S.HI/c1-6-20-19(21-12-11-18-15(4)22-16(5)24-18)23-14(3)17-10-8-7-9-13(17)2;/h7-10,14H,6,11-12H2,1-5H3,(H2,20,21,23);1H. The van der Waals surface area contributed by atoms with Crippen molar-refractivity contribution in [1.82, 2.24) is 15.6 Å². The van der Waals surface area contributed by atoms with Crippen LogP contribution in [0.25, 0.3) is 0 Å². The van der Waals surface area contributed by atoms with E-state index >= 15 is 0 Å². The van der Waals surface area contributed by atoms with Crippen molar-refractivity contribution in [2.75, 3.05) is 13.1 Å². The van der Waals surface area contributed by atoms with Crippen molar-refractivity contribution in [2.45, 2.75) is 47.1 Å². The Bertz CT molecular complexity index is 696. The Morgan fingerprint density at radius 1 is 1.24 bits per heavy atom. The van der Waals surface area contributed by atoms with E-state index in [0.717, 1.165) is 36.2 Å². The molecule has 0 aliphatic heterocycles. The molecule has 1 atom stereocenters. The maximum absolute atomic E-state index is 4.73. The number of aromatic nitrogens is 1. The summed E-state index contributed by atoms with van der Waals surface area (Å²) in [6.45, 7) is 12.2. The first-order valence-corrected chi connectivity index (χ1v) is 9.36. The molecule has 0 aliphatic carbocycles. The molecular formula is C19H29IN4S. The molecule has 138 valence electrons. The SMILES string of the molecule is CCNC(=NCCc1sc(C)nc1C)NC(C)c1ccccc1C.I. The first kappa shape index (κ1) is 21.9. The fourth-order valence-electron chi connectivity index (χ4n) is 2.75. The molecular weight excluding hydrogens is 443 g/mol. The van der Waals surface area contributed by atoms with Gasteiger partial charge in [-0.3, -0.25) is 4.99 Å². The van der Waals surface area contributed by atoms with Gasteiger partial charge in [-0.05, 0) is 45.7 Å². The number of hydrogen-bond donors (Lipinski definition) is 2. The molecule has 1 unspecified atom stereocenters. The molecule has 6 heteroatoms. The molecule has 2 N–H and O–H groups in total. The Kier molecular flexibility index (Phi) is 9.42. The summed E-state index contributed by atoms with van der Waals surface area (Å²) >= 11 is 1.77. The quantitative estimate of drug-likeness (QED) is 0.369. The van der Waals surface area contributed by atoms with E-state index in [1.165, 1.54) is 16.0 Å². The van der Waals surface area contributed by atoms with E-state index in [4.69, 9.17) is 4.99 Å². The smallest absolute Gasteiger partial charge is 0.191 e. The van der Waals surface area contributed by atoms with Gasteiger partial charge in [0.25, 0.3) is 0 Å². The van der Waals surface area contributed by atoms with Gasteiger partial charge in [0.1, 0.15) is 0 Å². The summed E-state index contributed by atoms with van der Waals surface area (Å²) in [7, 11) is 0. The van der Waals surface area contributed by atoms with Crippen LogP contribution in [-0.2, 0) is 6.42 Å². The van der Waals surface area contributed by atoms with Crippen molar-refractivity contribution in [2.24, 2.45) is 4.99 Å². The molecule has 25 heavy (non-hydrogen) atoms. The average Bonchev–Trinajstić information content (AvgIpc) is 2.85. The molecule has 1 aromatic heterocycles. The second-order valence-corrected chi connectivity index (χ2v) is 7.26. The molecule has 0 amide bonds. The van der Waals surface area contributed by atoms with Crippen LogP contribution in [0.4, 0.5) is 0 Å². The van der Waals surface area contributed by atoms with Crippen LogP contribution in [0.1, 0.15) is 46.6 Å². The second-order valence-electron chi connectivity index (χ2n) is 5.97. The molecule has 0 saturated heterocycles. The normalized spacial score (nSPS) is 12.4. The fourth-order valence-corrected chi connectivity index (χ4v) is 3.68. The Morgan fingerprint density at radius 2 is 1.96 bits per heavy atom. The van der Waals surface area contributed by atoms with E-state index in [0.29, 0.717) is 0 Å².